The minimum absolute atomic E-state index is 0.0884. The van der Waals surface area contributed by atoms with E-state index in [4.69, 9.17) is 51.1 Å². The second-order valence-electron chi connectivity index (χ2n) is 2.98. The Balaban J connectivity index is 2.38. The van der Waals surface area contributed by atoms with E-state index < -0.39 is 0 Å². The highest BCUT2D eigenvalue weighted by molar-refractivity contribution is 6.43. The van der Waals surface area contributed by atoms with Gasteiger partial charge in [-0.2, -0.15) is 0 Å². The molecule has 0 atom stereocenters. The number of benzene rings is 1. The molecule has 3 nitrogen and oxygen atoms in total. The predicted octanol–water partition coefficient (Wildman–Crippen LogP) is 4.88. The number of halogens is 4. The summed E-state index contributed by atoms with van der Waals surface area (Å²) in [6.45, 7) is 0. The summed E-state index contributed by atoms with van der Waals surface area (Å²) in [5, 5.41) is 8.10. The van der Waals surface area contributed by atoms with Crippen molar-refractivity contribution in [3.63, 3.8) is 0 Å². The second-order valence-corrected chi connectivity index (χ2v) is 4.51. The molecule has 0 aliphatic heterocycles. The van der Waals surface area contributed by atoms with Crippen LogP contribution >= 0.6 is 46.4 Å². The fraction of sp³-hybridized carbons (Fsp3) is 0. The Labute approximate surface area is 117 Å². The van der Waals surface area contributed by atoms with Crippen molar-refractivity contribution in [1.82, 2.24) is 10.2 Å². The van der Waals surface area contributed by atoms with E-state index in [1.165, 1.54) is 6.07 Å². The van der Waals surface area contributed by atoms with E-state index in [2.05, 4.69) is 10.2 Å². The van der Waals surface area contributed by atoms with Gasteiger partial charge < -0.3 is 4.74 Å². The van der Waals surface area contributed by atoms with Crippen molar-refractivity contribution in [2.45, 2.75) is 0 Å². The predicted molar refractivity (Wildman–Crippen MR) is 68.6 cm³/mol. The third-order valence-electron chi connectivity index (χ3n) is 1.82. The van der Waals surface area contributed by atoms with Gasteiger partial charge in [-0.05, 0) is 12.1 Å². The average molecular weight is 310 g/mol. The van der Waals surface area contributed by atoms with Crippen molar-refractivity contribution >= 4 is 46.4 Å². The van der Waals surface area contributed by atoms with Gasteiger partial charge >= 0.3 is 0 Å². The summed E-state index contributed by atoms with van der Waals surface area (Å²) in [4.78, 5) is 0. The number of nitrogens with zero attached hydrogens (tertiary/aromatic N) is 2. The lowest BCUT2D eigenvalue weighted by atomic mass is 10.3. The zero-order valence-corrected chi connectivity index (χ0v) is 11.1. The molecule has 0 saturated carbocycles. The molecule has 0 bridgehead atoms. The van der Waals surface area contributed by atoms with Crippen molar-refractivity contribution in [3.8, 4) is 11.5 Å². The smallest absolute Gasteiger partial charge is 0.194 e. The third-order valence-corrected chi connectivity index (χ3v) is 3.07. The van der Waals surface area contributed by atoms with Crippen LogP contribution in [0.1, 0.15) is 0 Å². The van der Waals surface area contributed by atoms with Gasteiger partial charge in [0.05, 0.1) is 5.02 Å². The number of ether oxygens (including phenoxy) is 1. The van der Waals surface area contributed by atoms with Crippen molar-refractivity contribution in [2.75, 3.05) is 0 Å². The number of aromatic nitrogens is 2. The van der Waals surface area contributed by atoms with Gasteiger partial charge in [-0.25, -0.2) is 0 Å². The van der Waals surface area contributed by atoms with E-state index in [1.54, 1.807) is 18.2 Å². The molecule has 7 heteroatoms. The largest absolute Gasteiger partial charge is 0.452 e. The molecule has 17 heavy (non-hydrogen) atoms. The zero-order chi connectivity index (χ0) is 12.4. The first-order chi connectivity index (χ1) is 8.08. The zero-order valence-electron chi connectivity index (χ0n) is 8.12. The van der Waals surface area contributed by atoms with Crippen LogP contribution in [0.2, 0.25) is 20.4 Å². The molecule has 0 amide bonds. The van der Waals surface area contributed by atoms with Crippen molar-refractivity contribution < 1.29 is 4.74 Å². The SMILES string of the molecule is Clc1cc(Oc2cccc(Cl)c2Cl)c(Cl)nn1. The Morgan fingerprint density at radius 2 is 1.71 bits per heavy atom. The summed E-state index contributed by atoms with van der Waals surface area (Å²) < 4.78 is 5.47. The van der Waals surface area contributed by atoms with Crippen LogP contribution in [0.4, 0.5) is 0 Å². The highest BCUT2D eigenvalue weighted by atomic mass is 35.5. The van der Waals surface area contributed by atoms with Crippen molar-refractivity contribution in [1.29, 1.82) is 0 Å². The summed E-state index contributed by atoms with van der Waals surface area (Å²) in [6, 6.07) is 6.44. The Kier molecular flexibility index (Phi) is 3.94. The molecule has 2 rings (SSSR count). The highest BCUT2D eigenvalue weighted by Crippen LogP contribution is 2.36. The lowest BCUT2D eigenvalue weighted by Gasteiger charge is -2.08. The fourth-order valence-electron chi connectivity index (χ4n) is 1.09. The topological polar surface area (TPSA) is 35.0 Å². The molecule has 0 aliphatic rings. The van der Waals surface area contributed by atoms with Gasteiger partial charge in [-0.1, -0.05) is 52.5 Å². The van der Waals surface area contributed by atoms with E-state index in [9.17, 15) is 0 Å². The van der Waals surface area contributed by atoms with E-state index >= 15 is 0 Å². The molecule has 0 aliphatic carbocycles. The maximum atomic E-state index is 5.97. The maximum Gasteiger partial charge on any atom is 0.194 e. The van der Waals surface area contributed by atoms with Gasteiger partial charge in [-0.3, -0.25) is 0 Å². The minimum Gasteiger partial charge on any atom is -0.452 e. The van der Waals surface area contributed by atoms with Crippen molar-refractivity contribution in [2.24, 2.45) is 0 Å². The summed E-state index contributed by atoms with van der Waals surface area (Å²) in [5.41, 5.74) is 0. The van der Waals surface area contributed by atoms with Gasteiger partial charge in [0.1, 0.15) is 10.8 Å². The van der Waals surface area contributed by atoms with Crippen LogP contribution in [0.3, 0.4) is 0 Å². The molecule has 0 fully saturated rings. The quantitative estimate of drug-likeness (QED) is 0.792. The molecule has 1 heterocycles. The van der Waals surface area contributed by atoms with E-state index in [1.807, 2.05) is 0 Å². The second kappa shape index (κ2) is 5.27. The standard InChI is InChI=1S/C10H4Cl4N2O/c11-5-2-1-3-6(9(5)13)17-7-4-8(12)15-16-10(7)14/h1-4H. The van der Waals surface area contributed by atoms with Gasteiger partial charge in [-0.15, -0.1) is 10.2 Å². The van der Waals surface area contributed by atoms with E-state index in [0.29, 0.717) is 10.8 Å². The minimum atomic E-state index is 0.0884. The first kappa shape index (κ1) is 12.7. The van der Waals surface area contributed by atoms with Crippen LogP contribution in [-0.4, -0.2) is 10.2 Å². The van der Waals surface area contributed by atoms with Gasteiger partial charge in [0.25, 0.3) is 0 Å². The molecular formula is C10H4Cl4N2O. The summed E-state index contributed by atoms with van der Waals surface area (Å²) in [6.07, 6.45) is 0. The van der Waals surface area contributed by atoms with Crippen LogP contribution in [0, 0.1) is 0 Å². The number of hydrogen-bond donors (Lipinski definition) is 0. The molecule has 0 radical (unpaired) electrons. The fourth-order valence-corrected chi connectivity index (χ4v) is 1.69. The van der Waals surface area contributed by atoms with Crippen molar-refractivity contribution in [3.05, 3.63) is 44.6 Å². The average Bonchev–Trinajstić information content (AvgIpc) is 2.30. The lowest BCUT2D eigenvalue weighted by molar-refractivity contribution is 0.479. The molecule has 0 N–H and O–H groups in total. The Hall–Kier alpha value is -0.740. The molecule has 88 valence electrons. The van der Waals surface area contributed by atoms with Crippen LogP contribution in [0.5, 0.6) is 11.5 Å². The number of rotatable bonds is 2. The molecule has 1 aromatic carbocycles. The Bertz CT molecular complexity index is 562. The molecule has 0 spiro atoms. The molecule has 2 aromatic rings. The number of hydrogen-bond acceptors (Lipinski definition) is 3. The van der Waals surface area contributed by atoms with Gasteiger partial charge in [0.15, 0.2) is 16.1 Å². The monoisotopic (exact) mass is 308 g/mol. The molecule has 0 saturated heterocycles. The molecule has 1 aromatic heterocycles. The lowest BCUT2D eigenvalue weighted by Crippen LogP contribution is -1.91. The first-order valence-corrected chi connectivity index (χ1v) is 5.89. The summed E-state index contributed by atoms with van der Waals surface area (Å²) in [7, 11) is 0. The highest BCUT2D eigenvalue weighted by Gasteiger charge is 2.10. The first-order valence-electron chi connectivity index (χ1n) is 4.38. The van der Waals surface area contributed by atoms with E-state index in [0.717, 1.165) is 0 Å². The maximum absolute atomic E-state index is 5.97. The third kappa shape index (κ3) is 2.93. The van der Waals surface area contributed by atoms with Crippen LogP contribution in [0.25, 0.3) is 0 Å². The van der Waals surface area contributed by atoms with Crippen LogP contribution in [0.15, 0.2) is 24.3 Å². The normalized spacial score (nSPS) is 10.4. The Morgan fingerprint density at radius 1 is 0.941 bits per heavy atom. The van der Waals surface area contributed by atoms with E-state index in [-0.39, 0.29) is 21.1 Å². The Morgan fingerprint density at radius 3 is 2.47 bits per heavy atom. The van der Waals surface area contributed by atoms with Gasteiger partial charge in [0, 0.05) is 6.07 Å². The molecular weight excluding hydrogens is 306 g/mol. The summed E-state index contributed by atoms with van der Waals surface area (Å²) in [5.74, 6) is 0.626. The molecule has 0 unspecified atom stereocenters. The van der Waals surface area contributed by atoms with Gasteiger partial charge in [0.2, 0.25) is 0 Å². The summed E-state index contributed by atoms with van der Waals surface area (Å²) >= 11 is 23.3. The van der Waals surface area contributed by atoms with Crippen LogP contribution in [-0.2, 0) is 0 Å². The van der Waals surface area contributed by atoms with Crippen LogP contribution < -0.4 is 4.74 Å².